The highest BCUT2D eigenvalue weighted by Crippen LogP contribution is 2.20. The monoisotopic (exact) mass is 338 g/mol. The van der Waals surface area contributed by atoms with Gasteiger partial charge in [0.1, 0.15) is 5.75 Å². The molecule has 0 aliphatic heterocycles. The number of nitrogens with one attached hydrogen (secondary N) is 1. The van der Waals surface area contributed by atoms with Crippen molar-refractivity contribution < 1.29 is 9.53 Å². The number of hydrogen-bond donors (Lipinski definition) is 1. The second-order valence-corrected chi connectivity index (χ2v) is 6.17. The minimum atomic E-state index is -0.153. The number of carbonyl (C=O) groups excluding carboxylic acids is 1. The van der Waals surface area contributed by atoms with Gasteiger partial charge in [0.15, 0.2) is 0 Å². The Hall–Kier alpha value is -2.66. The number of aromatic nitrogens is 1. The van der Waals surface area contributed by atoms with E-state index in [2.05, 4.69) is 17.4 Å². The Morgan fingerprint density at radius 2 is 1.96 bits per heavy atom. The lowest BCUT2D eigenvalue weighted by molar-refractivity contribution is 0.102. The van der Waals surface area contributed by atoms with Gasteiger partial charge >= 0.3 is 0 Å². The van der Waals surface area contributed by atoms with Gasteiger partial charge in [-0.15, -0.1) is 0 Å². The standard InChI is InChI=1S/C19H18N2O2S/c1-23-18-9-5-8-16(12-18)19(22)20-17-10-11-21(13-17)24-14-15-6-3-2-4-7-15/h2-13H,14H2,1H3,(H,20,22). The van der Waals surface area contributed by atoms with Crippen LogP contribution in [0.5, 0.6) is 5.75 Å². The molecule has 4 nitrogen and oxygen atoms in total. The molecular weight excluding hydrogens is 320 g/mol. The number of hydrogen-bond acceptors (Lipinski definition) is 3. The van der Waals surface area contributed by atoms with Crippen LogP contribution >= 0.6 is 11.9 Å². The Labute approximate surface area is 145 Å². The number of rotatable bonds is 6. The largest absolute Gasteiger partial charge is 0.497 e. The van der Waals surface area contributed by atoms with Crippen molar-refractivity contribution in [3.63, 3.8) is 0 Å². The molecule has 0 aliphatic rings. The first-order chi connectivity index (χ1) is 11.7. The van der Waals surface area contributed by atoms with Crippen molar-refractivity contribution in [1.29, 1.82) is 0 Å². The van der Waals surface area contributed by atoms with E-state index in [1.807, 2.05) is 46.7 Å². The number of amides is 1. The maximum atomic E-state index is 12.3. The van der Waals surface area contributed by atoms with Gasteiger partial charge in [0.05, 0.1) is 12.8 Å². The van der Waals surface area contributed by atoms with Gasteiger partial charge < -0.3 is 10.1 Å². The summed E-state index contributed by atoms with van der Waals surface area (Å²) in [6.45, 7) is 0. The summed E-state index contributed by atoms with van der Waals surface area (Å²) in [5.74, 6) is 1.39. The number of benzene rings is 2. The van der Waals surface area contributed by atoms with Crippen molar-refractivity contribution in [2.24, 2.45) is 0 Å². The zero-order valence-corrected chi connectivity index (χ0v) is 14.1. The Balaban J connectivity index is 1.60. The molecule has 3 rings (SSSR count). The van der Waals surface area contributed by atoms with Crippen LogP contribution in [0.25, 0.3) is 0 Å². The highest BCUT2D eigenvalue weighted by molar-refractivity contribution is 7.97. The highest BCUT2D eigenvalue weighted by atomic mass is 32.2. The third-order valence-corrected chi connectivity index (χ3v) is 4.47. The molecule has 2 aromatic carbocycles. The van der Waals surface area contributed by atoms with E-state index in [0.29, 0.717) is 11.3 Å². The van der Waals surface area contributed by atoms with Gasteiger partial charge in [-0.3, -0.25) is 8.77 Å². The van der Waals surface area contributed by atoms with Crippen LogP contribution in [0.4, 0.5) is 5.69 Å². The highest BCUT2D eigenvalue weighted by Gasteiger charge is 2.08. The first kappa shape index (κ1) is 16.2. The average Bonchev–Trinajstić information content (AvgIpc) is 3.08. The molecule has 0 bridgehead atoms. The molecule has 0 saturated heterocycles. The molecule has 1 N–H and O–H groups in total. The van der Waals surface area contributed by atoms with Crippen molar-refractivity contribution in [3.8, 4) is 5.75 Å². The number of methoxy groups -OCH3 is 1. The summed E-state index contributed by atoms with van der Waals surface area (Å²) in [5.41, 5.74) is 2.60. The van der Waals surface area contributed by atoms with E-state index in [9.17, 15) is 4.79 Å². The molecule has 0 unspecified atom stereocenters. The molecule has 0 atom stereocenters. The van der Waals surface area contributed by atoms with Crippen LogP contribution in [0.2, 0.25) is 0 Å². The Bertz CT molecular complexity index is 815. The summed E-state index contributed by atoms with van der Waals surface area (Å²) in [6, 6.07) is 19.3. The lowest BCUT2D eigenvalue weighted by Crippen LogP contribution is -2.11. The van der Waals surface area contributed by atoms with Crippen LogP contribution in [-0.2, 0) is 5.75 Å². The molecule has 1 heterocycles. The summed E-state index contributed by atoms with van der Waals surface area (Å²) in [5, 5.41) is 2.90. The minimum absolute atomic E-state index is 0.153. The van der Waals surface area contributed by atoms with Crippen molar-refractivity contribution in [1.82, 2.24) is 3.97 Å². The van der Waals surface area contributed by atoms with E-state index in [0.717, 1.165) is 11.4 Å². The van der Waals surface area contributed by atoms with E-state index in [1.54, 1.807) is 37.3 Å². The minimum Gasteiger partial charge on any atom is -0.497 e. The molecule has 0 saturated carbocycles. The fraction of sp³-hybridized carbons (Fsp3) is 0.105. The second kappa shape index (κ2) is 7.75. The summed E-state index contributed by atoms with van der Waals surface area (Å²) in [6.07, 6.45) is 3.85. The SMILES string of the molecule is COc1cccc(C(=O)Nc2ccn(SCc3ccccc3)c2)c1. The van der Waals surface area contributed by atoms with Crippen LogP contribution in [0.3, 0.4) is 0 Å². The molecule has 5 heteroatoms. The molecule has 122 valence electrons. The third kappa shape index (κ3) is 4.20. The third-order valence-electron chi connectivity index (χ3n) is 3.48. The van der Waals surface area contributed by atoms with Gasteiger partial charge in [-0.1, -0.05) is 36.4 Å². The lowest BCUT2D eigenvalue weighted by Gasteiger charge is -2.05. The predicted molar refractivity (Wildman–Crippen MR) is 98.5 cm³/mol. The van der Waals surface area contributed by atoms with E-state index < -0.39 is 0 Å². The zero-order chi connectivity index (χ0) is 16.8. The fourth-order valence-corrected chi connectivity index (χ4v) is 3.05. The number of nitrogens with zero attached hydrogens (tertiary/aromatic N) is 1. The van der Waals surface area contributed by atoms with Crippen molar-refractivity contribution in [2.45, 2.75) is 5.75 Å². The Morgan fingerprint density at radius 3 is 2.75 bits per heavy atom. The molecule has 0 radical (unpaired) electrons. The van der Waals surface area contributed by atoms with Crippen LogP contribution in [0, 0.1) is 0 Å². The summed E-state index contributed by atoms with van der Waals surface area (Å²) in [7, 11) is 1.58. The summed E-state index contributed by atoms with van der Waals surface area (Å²) < 4.78 is 7.14. The molecule has 0 aliphatic carbocycles. The Morgan fingerprint density at radius 1 is 1.12 bits per heavy atom. The van der Waals surface area contributed by atoms with E-state index in [1.165, 1.54) is 5.56 Å². The van der Waals surface area contributed by atoms with Crippen LogP contribution in [-0.4, -0.2) is 17.0 Å². The number of anilines is 1. The summed E-state index contributed by atoms with van der Waals surface area (Å²) >= 11 is 1.67. The normalized spacial score (nSPS) is 10.4. The van der Waals surface area contributed by atoms with Gasteiger partial charge in [0.2, 0.25) is 0 Å². The molecule has 0 fully saturated rings. The first-order valence-corrected chi connectivity index (χ1v) is 8.49. The maximum absolute atomic E-state index is 12.3. The van der Waals surface area contributed by atoms with Gasteiger partial charge in [0, 0.05) is 23.7 Å². The van der Waals surface area contributed by atoms with Crippen molar-refractivity contribution in [2.75, 3.05) is 12.4 Å². The fourth-order valence-electron chi connectivity index (χ4n) is 2.22. The molecule has 24 heavy (non-hydrogen) atoms. The first-order valence-electron chi connectivity index (χ1n) is 7.55. The zero-order valence-electron chi connectivity index (χ0n) is 13.3. The topological polar surface area (TPSA) is 43.3 Å². The Kier molecular flexibility index (Phi) is 5.23. The number of carbonyl (C=O) groups is 1. The molecule has 3 aromatic rings. The van der Waals surface area contributed by atoms with Crippen LogP contribution in [0.1, 0.15) is 15.9 Å². The van der Waals surface area contributed by atoms with E-state index in [-0.39, 0.29) is 5.91 Å². The average molecular weight is 338 g/mol. The molecular formula is C19H18N2O2S. The molecule has 0 spiro atoms. The van der Waals surface area contributed by atoms with Gasteiger partial charge in [-0.2, -0.15) is 0 Å². The quantitative estimate of drug-likeness (QED) is 0.722. The van der Waals surface area contributed by atoms with Crippen LogP contribution in [0.15, 0.2) is 73.1 Å². The van der Waals surface area contributed by atoms with Crippen LogP contribution < -0.4 is 10.1 Å². The lowest BCUT2D eigenvalue weighted by atomic mass is 10.2. The van der Waals surface area contributed by atoms with E-state index >= 15 is 0 Å². The smallest absolute Gasteiger partial charge is 0.255 e. The van der Waals surface area contributed by atoms with Gasteiger partial charge in [-0.05, 0) is 41.8 Å². The van der Waals surface area contributed by atoms with Gasteiger partial charge in [-0.25, -0.2) is 0 Å². The van der Waals surface area contributed by atoms with E-state index in [4.69, 9.17) is 4.74 Å². The second-order valence-electron chi connectivity index (χ2n) is 5.21. The molecule has 1 amide bonds. The predicted octanol–water partition coefficient (Wildman–Crippen LogP) is 4.45. The van der Waals surface area contributed by atoms with Crippen molar-refractivity contribution in [3.05, 3.63) is 84.2 Å². The number of ether oxygens (including phenoxy) is 1. The summed E-state index contributed by atoms with van der Waals surface area (Å²) in [4.78, 5) is 12.3. The molecule has 1 aromatic heterocycles. The van der Waals surface area contributed by atoms with Gasteiger partial charge in [0.25, 0.3) is 5.91 Å². The maximum Gasteiger partial charge on any atom is 0.255 e. The van der Waals surface area contributed by atoms with Crippen molar-refractivity contribution >= 4 is 23.5 Å².